The molecule has 1 heterocycles. The number of rotatable bonds is 14. The standard InChI is InChI=1S/C38H49ClN6O10S/c1-8-9-20-52-33(49)29-23-56-30(42-29)22-44(18-19-46)31(47)17-13-24-12-16-27(21-28(24)39)53-32(48)25-10-14-26(15-11-25)41-34(43-35(50)54-37(2,3)4)45(40)36(51)55-38(5,6)7/h10-12,14-16,19,21,23,30,42H,8-9,13,17-18,20,22,40H2,1-7H3,(H,41,43,50). The maximum Gasteiger partial charge on any atom is 0.431 e. The molecule has 1 unspecified atom stereocenters. The number of esters is 2. The van der Waals surface area contributed by atoms with E-state index in [0.29, 0.717) is 29.2 Å². The highest BCUT2D eigenvalue weighted by Gasteiger charge is 2.28. The Balaban J connectivity index is 1.61. The minimum absolute atomic E-state index is 0.0486. The summed E-state index contributed by atoms with van der Waals surface area (Å²) in [6.45, 7) is 12.3. The number of aldehydes is 1. The first kappa shape index (κ1) is 45.3. The molecule has 0 spiro atoms. The van der Waals surface area contributed by atoms with Gasteiger partial charge in [-0.2, -0.15) is 5.01 Å². The summed E-state index contributed by atoms with van der Waals surface area (Å²) in [6, 6.07) is 10.4. The number of hydrogen-bond donors (Lipinski definition) is 3. The van der Waals surface area contributed by atoms with Crippen LogP contribution in [0.1, 0.15) is 83.7 Å². The number of benzene rings is 2. The summed E-state index contributed by atoms with van der Waals surface area (Å²) in [5, 5.41) is 7.51. The fourth-order valence-corrected chi connectivity index (χ4v) is 5.82. The Morgan fingerprint density at radius 1 is 1.00 bits per heavy atom. The van der Waals surface area contributed by atoms with E-state index >= 15 is 0 Å². The summed E-state index contributed by atoms with van der Waals surface area (Å²) >= 11 is 7.83. The molecule has 0 radical (unpaired) electrons. The molecule has 56 heavy (non-hydrogen) atoms. The molecule has 2 aromatic rings. The molecule has 0 bridgehead atoms. The average Bonchev–Trinajstić information content (AvgIpc) is 3.58. The molecule has 0 aliphatic carbocycles. The lowest BCUT2D eigenvalue weighted by Gasteiger charge is -2.26. The van der Waals surface area contributed by atoms with Crippen LogP contribution in [-0.2, 0) is 35.0 Å². The first-order chi connectivity index (χ1) is 26.3. The number of hydrazine groups is 1. The molecule has 1 aliphatic rings. The van der Waals surface area contributed by atoms with Gasteiger partial charge in [-0.3, -0.25) is 10.1 Å². The van der Waals surface area contributed by atoms with Crippen molar-refractivity contribution in [3.05, 3.63) is 69.7 Å². The van der Waals surface area contributed by atoms with Gasteiger partial charge in [0, 0.05) is 16.9 Å². The molecule has 16 nitrogen and oxygen atoms in total. The molecule has 304 valence electrons. The van der Waals surface area contributed by atoms with Crippen LogP contribution >= 0.6 is 23.4 Å². The van der Waals surface area contributed by atoms with Crippen LogP contribution in [0.25, 0.3) is 0 Å². The summed E-state index contributed by atoms with van der Waals surface area (Å²) < 4.78 is 21.3. The largest absolute Gasteiger partial charge is 0.461 e. The second-order valence-electron chi connectivity index (χ2n) is 14.4. The Hall–Kier alpha value is -5.13. The number of thioether (sulfide) groups is 1. The molecule has 0 saturated carbocycles. The number of aliphatic imine (C=N–C) groups is 1. The van der Waals surface area contributed by atoms with E-state index in [-0.39, 0.29) is 59.2 Å². The number of alkyl carbamates (subject to hydrolysis) is 1. The first-order valence-corrected chi connectivity index (χ1v) is 19.1. The SMILES string of the molecule is CCCCOC(=O)C1=CSC(CN(CC=O)C(=O)CCc2ccc(OC(=O)c3ccc(N=C(NC(=O)OC(C)(C)C)N(N)C(=O)OC(C)(C)C)cc3)cc2Cl)N1. The van der Waals surface area contributed by atoms with Crippen molar-refractivity contribution in [1.82, 2.24) is 20.5 Å². The van der Waals surface area contributed by atoms with Crippen LogP contribution in [0.15, 0.2) is 58.6 Å². The molecule has 1 aliphatic heterocycles. The Morgan fingerprint density at radius 3 is 2.29 bits per heavy atom. The van der Waals surface area contributed by atoms with Crippen LogP contribution in [0.4, 0.5) is 15.3 Å². The summed E-state index contributed by atoms with van der Waals surface area (Å²) in [5.74, 6) is 4.26. The number of nitrogens with zero attached hydrogens (tertiary/aromatic N) is 3. The van der Waals surface area contributed by atoms with E-state index in [4.69, 9.17) is 36.4 Å². The molecule has 0 aromatic heterocycles. The van der Waals surface area contributed by atoms with Crippen molar-refractivity contribution in [2.45, 2.75) is 90.7 Å². The average molecular weight is 817 g/mol. The number of amides is 3. The number of carbonyl (C=O) groups excluding carboxylic acids is 6. The fourth-order valence-electron chi connectivity index (χ4n) is 4.63. The number of nitrogens with two attached hydrogens (primary N) is 1. The minimum atomic E-state index is -0.991. The molecular weight excluding hydrogens is 768 g/mol. The van der Waals surface area contributed by atoms with Crippen molar-refractivity contribution in [2.75, 3.05) is 19.7 Å². The van der Waals surface area contributed by atoms with Crippen molar-refractivity contribution in [3.8, 4) is 5.75 Å². The van der Waals surface area contributed by atoms with Gasteiger partial charge in [-0.15, -0.1) is 11.8 Å². The normalized spacial score (nSPS) is 14.1. The van der Waals surface area contributed by atoms with Gasteiger partial charge in [0.1, 0.15) is 28.9 Å². The predicted molar refractivity (Wildman–Crippen MR) is 211 cm³/mol. The monoisotopic (exact) mass is 816 g/mol. The van der Waals surface area contributed by atoms with E-state index in [9.17, 15) is 28.8 Å². The molecule has 3 rings (SSSR count). The zero-order valence-electron chi connectivity index (χ0n) is 32.5. The number of nitrogens with one attached hydrogen (secondary N) is 2. The van der Waals surface area contributed by atoms with Crippen molar-refractivity contribution in [1.29, 1.82) is 0 Å². The number of halogens is 1. The minimum Gasteiger partial charge on any atom is -0.461 e. The third-order valence-electron chi connectivity index (χ3n) is 7.26. The summed E-state index contributed by atoms with van der Waals surface area (Å²) in [5.41, 5.74) is -0.447. The van der Waals surface area contributed by atoms with Gasteiger partial charge < -0.3 is 34.0 Å². The van der Waals surface area contributed by atoms with Crippen LogP contribution in [0.5, 0.6) is 5.75 Å². The lowest BCUT2D eigenvalue weighted by Crippen LogP contribution is -2.53. The number of aryl methyl sites for hydroxylation is 1. The number of carbonyl (C=O) groups is 6. The smallest absolute Gasteiger partial charge is 0.431 e. The van der Waals surface area contributed by atoms with Gasteiger partial charge in [-0.25, -0.2) is 30.0 Å². The molecule has 2 aromatic carbocycles. The molecule has 0 saturated heterocycles. The first-order valence-electron chi connectivity index (χ1n) is 17.8. The predicted octanol–water partition coefficient (Wildman–Crippen LogP) is 5.99. The van der Waals surface area contributed by atoms with Crippen molar-refractivity contribution >= 4 is 71.3 Å². The number of unbranched alkanes of at least 4 members (excludes halogenated alkanes) is 1. The van der Waals surface area contributed by atoms with Crippen LogP contribution in [0, 0.1) is 0 Å². The second-order valence-corrected chi connectivity index (χ2v) is 15.8. The topological polar surface area (TPSA) is 208 Å². The number of hydrogen-bond acceptors (Lipinski definition) is 14. The Morgan fingerprint density at radius 2 is 1.68 bits per heavy atom. The van der Waals surface area contributed by atoms with Gasteiger partial charge in [-0.1, -0.05) is 31.0 Å². The molecule has 1 atom stereocenters. The third-order valence-corrected chi connectivity index (χ3v) is 8.58. The van der Waals surface area contributed by atoms with E-state index < -0.39 is 41.3 Å². The van der Waals surface area contributed by atoms with Gasteiger partial charge in [0.15, 0.2) is 0 Å². The fraction of sp³-hybridized carbons (Fsp3) is 0.447. The van der Waals surface area contributed by atoms with E-state index in [0.717, 1.165) is 12.8 Å². The van der Waals surface area contributed by atoms with Crippen LogP contribution in [0.3, 0.4) is 0 Å². The number of ether oxygens (including phenoxy) is 4. The lowest BCUT2D eigenvalue weighted by molar-refractivity contribution is -0.139. The van der Waals surface area contributed by atoms with Crippen molar-refractivity contribution in [3.63, 3.8) is 0 Å². The molecular formula is C38H49ClN6O10S. The second kappa shape index (κ2) is 20.7. The zero-order chi connectivity index (χ0) is 41.6. The van der Waals surface area contributed by atoms with Crippen LogP contribution < -0.4 is 21.2 Å². The quantitative estimate of drug-likeness (QED) is 0.0192. The Bertz CT molecular complexity index is 1810. The summed E-state index contributed by atoms with van der Waals surface area (Å²) in [7, 11) is 0. The van der Waals surface area contributed by atoms with Gasteiger partial charge in [0.05, 0.1) is 36.3 Å². The number of guanidine groups is 1. The van der Waals surface area contributed by atoms with Crippen LogP contribution in [0.2, 0.25) is 5.02 Å². The van der Waals surface area contributed by atoms with E-state index in [1.54, 1.807) is 59.1 Å². The summed E-state index contributed by atoms with van der Waals surface area (Å²) in [6.07, 6.45) is 0.691. The highest BCUT2D eigenvalue weighted by atomic mass is 35.5. The third kappa shape index (κ3) is 15.2. The summed E-state index contributed by atoms with van der Waals surface area (Å²) in [4.78, 5) is 80.5. The van der Waals surface area contributed by atoms with Crippen molar-refractivity contribution in [2.24, 2.45) is 10.8 Å². The highest BCUT2D eigenvalue weighted by Crippen LogP contribution is 2.26. The molecule has 18 heteroatoms. The maximum absolute atomic E-state index is 13.1. The van der Waals surface area contributed by atoms with E-state index in [2.05, 4.69) is 15.6 Å². The molecule has 4 N–H and O–H groups in total. The molecule has 0 fully saturated rings. The van der Waals surface area contributed by atoms with E-state index in [1.165, 1.54) is 47.0 Å². The van der Waals surface area contributed by atoms with Crippen molar-refractivity contribution < 1.29 is 47.7 Å². The van der Waals surface area contributed by atoms with Gasteiger partial charge in [0.2, 0.25) is 11.9 Å². The van der Waals surface area contributed by atoms with E-state index in [1.807, 2.05) is 6.92 Å². The maximum atomic E-state index is 13.1. The lowest BCUT2D eigenvalue weighted by atomic mass is 10.1. The Labute approximate surface area is 335 Å². The molecule has 3 amide bonds. The van der Waals surface area contributed by atoms with Crippen LogP contribution in [-0.4, -0.2) is 88.5 Å². The van der Waals surface area contributed by atoms with Gasteiger partial charge >= 0.3 is 24.1 Å². The highest BCUT2D eigenvalue weighted by molar-refractivity contribution is 8.03. The van der Waals surface area contributed by atoms with Gasteiger partial charge in [-0.05, 0) is 96.3 Å². The zero-order valence-corrected chi connectivity index (χ0v) is 34.1. The van der Waals surface area contributed by atoms with Gasteiger partial charge in [0.25, 0.3) is 0 Å². The Kier molecular flexibility index (Phi) is 16.7.